The van der Waals surface area contributed by atoms with E-state index in [1.54, 1.807) is 0 Å². The smallest absolute Gasteiger partial charge is 0.306 e. The molecule has 0 aliphatic heterocycles. The minimum atomic E-state index is -0.761. The molecule has 0 aliphatic carbocycles. The normalized spacial score (nSPS) is 11.9. The van der Waals surface area contributed by atoms with Gasteiger partial charge in [0.25, 0.3) is 0 Å². The van der Waals surface area contributed by atoms with Crippen LogP contribution < -0.4 is 0 Å². The van der Waals surface area contributed by atoms with Crippen LogP contribution in [0.4, 0.5) is 0 Å². The Labute approximate surface area is 374 Å². The molecule has 0 bridgehead atoms. The van der Waals surface area contributed by atoms with E-state index in [1.165, 1.54) is 199 Å². The lowest BCUT2D eigenvalue weighted by atomic mass is 10.0. The molecule has 0 saturated heterocycles. The Hall–Kier alpha value is -1.59. The molecule has 6 heteroatoms. The fourth-order valence-corrected chi connectivity index (χ4v) is 8.22. The molecule has 0 amide bonds. The number of esters is 3. The number of hydrogen-bond donors (Lipinski definition) is 0. The van der Waals surface area contributed by atoms with Crippen LogP contribution >= 0.6 is 0 Å². The third-order valence-corrected chi connectivity index (χ3v) is 12.3. The van der Waals surface area contributed by atoms with Gasteiger partial charge in [0.2, 0.25) is 0 Å². The molecule has 0 rings (SSSR count). The average Bonchev–Trinajstić information content (AvgIpc) is 3.23. The van der Waals surface area contributed by atoms with Gasteiger partial charge in [-0.25, -0.2) is 0 Å². The van der Waals surface area contributed by atoms with Crippen molar-refractivity contribution < 1.29 is 28.6 Å². The van der Waals surface area contributed by atoms with Crippen molar-refractivity contribution in [2.75, 3.05) is 13.2 Å². The molecule has 1 atom stereocenters. The number of hydrogen-bond acceptors (Lipinski definition) is 6. The van der Waals surface area contributed by atoms with Crippen LogP contribution in [0.3, 0.4) is 0 Å². The van der Waals surface area contributed by atoms with Gasteiger partial charge in [-0.15, -0.1) is 0 Å². The van der Waals surface area contributed by atoms with Gasteiger partial charge in [-0.05, 0) is 25.2 Å². The summed E-state index contributed by atoms with van der Waals surface area (Å²) in [6.45, 7) is 9.03. The van der Waals surface area contributed by atoms with Crippen molar-refractivity contribution in [2.24, 2.45) is 5.92 Å². The SMILES string of the molecule is CCCCCCCCCCCCCCCCCC(=O)OC[C@H](COC(=O)CCCCCCCCCCCCC(C)C)OC(=O)CCCCCCCCCCCCCCCC. The van der Waals surface area contributed by atoms with Gasteiger partial charge in [-0.3, -0.25) is 14.4 Å². The molecule has 60 heavy (non-hydrogen) atoms. The van der Waals surface area contributed by atoms with E-state index in [1.807, 2.05) is 0 Å². The maximum atomic E-state index is 12.8. The quantitative estimate of drug-likeness (QED) is 0.0345. The number of carbonyl (C=O) groups excluding carboxylic acids is 3. The summed E-state index contributed by atoms with van der Waals surface area (Å²) in [5, 5.41) is 0. The molecule has 0 fully saturated rings. The maximum absolute atomic E-state index is 12.8. The van der Waals surface area contributed by atoms with Gasteiger partial charge in [0.1, 0.15) is 13.2 Å². The van der Waals surface area contributed by atoms with Crippen LogP contribution in [-0.2, 0) is 28.6 Å². The van der Waals surface area contributed by atoms with Gasteiger partial charge in [0.15, 0.2) is 6.10 Å². The molecule has 0 saturated carbocycles. The van der Waals surface area contributed by atoms with E-state index in [0.29, 0.717) is 19.3 Å². The van der Waals surface area contributed by atoms with Gasteiger partial charge in [0.05, 0.1) is 0 Å². The van der Waals surface area contributed by atoms with E-state index in [4.69, 9.17) is 14.2 Å². The second-order valence-electron chi connectivity index (χ2n) is 19.0. The predicted octanol–water partition coefficient (Wildman–Crippen LogP) is 17.5. The van der Waals surface area contributed by atoms with Crippen molar-refractivity contribution in [3.05, 3.63) is 0 Å². The van der Waals surface area contributed by atoms with Crippen molar-refractivity contribution in [2.45, 2.75) is 310 Å². The number of ether oxygens (including phenoxy) is 3. The van der Waals surface area contributed by atoms with E-state index in [-0.39, 0.29) is 31.1 Å². The minimum Gasteiger partial charge on any atom is -0.462 e. The highest BCUT2D eigenvalue weighted by Gasteiger charge is 2.19. The maximum Gasteiger partial charge on any atom is 0.306 e. The fourth-order valence-electron chi connectivity index (χ4n) is 8.22. The van der Waals surface area contributed by atoms with Crippen molar-refractivity contribution in [1.29, 1.82) is 0 Å². The molecule has 6 nitrogen and oxygen atoms in total. The molecule has 0 aliphatic rings. The summed E-state index contributed by atoms with van der Waals surface area (Å²) in [6.07, 6.45) is 50.8. The van der Waals surface area contributed by atoms with Crippen molar-refractivity contribution in [1.82, 2.24) is 0 Å². The third kappa shape index (κ3) is 47.5. The first-order valence-electron chi connectivity index (χ1n) is 26.9. The molecule has 0 N–H and O–H groups in total. The standard InChI is InChI=1S/C54H104O6/c1-5-7-9-11-13-15-17-19-21-23-24-29-33-37-41-45-52(55)58-48-51(49-59-53(56)46-42-38-34-30-27-26-28-32-36-40-44-50(3)4)60-54(57)47-43-39-35-31-25-22-20-18-16-14-12-10-8-6-2/h50-51H,5-49H2,1-4H3/t51-/m1/s1. The van der Waals surface area contributed by atoms with Crippen molar-refractivity contribution in [3.63, 3.8) is 0 Å². The zero-order valence-corrected chi connectivity index (χ0v) is 40.9. The van der Waals surface area contributed by atoms with Gasteiger partial charge in [-0.1, -0.05) is 265 Å². The molecule has 0 spiro atoms. The Kier molecular flexibility index (Phi) is 47.2. The van der Waals surface area contributed by atoms with Crippen LogP contribution in [0.2, 0.25) is 0 Å². The summed E-state index contributed by atoms with van der Waals surface area (Å²) in [5.41, 5.74) is 0. The lowest BCUT2D eigenvalue weighted by molar-refractivity contribution is -0.167. The zero-order valence-electron chi connectivity index (χ0n) is 40.9. The van der Waals surface area contributed by atoms with E-state index in [9.17, 15) is 14.4 Å². The van der Waals surface area contributed by atoms with Crippen LogP contribution in [0.1, 0.15) is 304 Å². The number of carbonyl (C=O) groups is 3. The Balaban J connectivity index is 4.31. The molecular formula is C54H104O6. The van der Waals surface area contributed by atoms with Crippen LogP contribution in [0.15, 0.2) is 0 Å². The van der Waals surface area contributed by atoms with E-state index < -0.39 is 6.10 Å². The Morgan fingerprint density at radius 3 is 0.817 bits per heavy atom. The van der Waals surface area contributed by atoms with Gasteiger partial charge >= 0.3 is 17.9 Å². The summed E-state index contributed by atoms with van der Waals surface area (Å²) < 4.78 is 16.8. The Morgan fingerprint density at radius 2 is 0.550 bits per heavy atom. The highest BCUT2D eigenvalue weighted by molar-refractivity contribution is 5.71. The largest absolute Gasteiger partial charge is 0.462 e. The molecule has 0 heterocycles. The first kappa shape index (κ1) is 58.4. The van der Waals surface area contributed by atoms with Gasteiger partial charge in [0, 0.05) is 19.3 Å². The summed E-state index contributed by atoms with van der Waals surface area (Å²) in [7, 11) is 0. The highest BCUT2D eigenvalue weighted by Crippen LogP contribution is 2.17. The molecular weight excluding hydrogens is 745 g/mol. The number of rotatable bonds is 49. The molecule has 0 aromatic heterocycles. The Bertz CT molecular complexity index is 903. The van der Waals surface area contributed by atoms with E-state index in [2.05, 4.69) is 27.7 Å². The Morgan fingerprint density at radius 1 is 0.317 bits per heavy atom. The van der Waals surface area contributed by atoms with Crippen LogP contribution in [0.5, 0.6) is 0 Å². The second kappa shape index (κ2) is 48.4. The molecule has 0 radical (unpaired) electrons. The third-order valence-electron chi connectivity index (χ3n) is 12.3. The zero-order chi connectivity index (χ0) is 43.8. The van der Waals surface area contributed by atoms with E-state index in [0.717, 1.165) is 63.7 Å². The fraction of sp³-hybridized carbons (Fsp3) is 0.944. The molecule has 356 valence electrons. The lowest BCUT2D eigenvalue weighted by Gasteiger charge is -2.18. The molecule has 0 aromatic rings. The summed E-state index contributed by atoms with van der Waals surface area (Å²) in [6, 6.07) is 0. The molecule has 0 aromatic carbocycles. The summed E-state index contributed by atoms with van der Waals surface area (Å²) in [4.78, 5) is 38.0. The van der Waals surface area contributed by atoms with E-state index >= 15 is 0 Å². The summed E-state index contributed by atoms with van der Waals surface area (Å²) in [5.74, 6) is -0.0227. The second-order valence-corrected chi connectivity index (χ2v) is 19.0. The van der Waals surface area contributed by atoms with Crippen LogP contribution in [0.25, 0.3) is 0 Å². The summed E-state index contributed by atoms with van der Waals surface area (Å²) >= 11 is 0. The van der Waals surface area contributed by atoms with Crippen molar-refractivity contribution >= 4 is 17.9 Å². The number of unbranched alkanes of at least 4 members (excludes halogenated alkanes) is 36. The van der Waals surface area contributed by atoms with Crippen LogP contribution in [0, 0.1) is 5.92 Å². The predicted molar refractivity (Wildman–Crippen MR) is 257 cm³/mol. The van der Waals surface area contributed by atoms with Crippen LogP contribution in [-0.4, -0.2) is 37.2 Å². The topological polar surface area (TPSA) is 78.9 Å². The first-order chi connectivity index (χ1) is 29.4. The average molecular weight is 849 g/mol. The lowest BCUT2D eigenvalue weighted by Crippen LogP contribution is -2.30. The van der Waals surface area contributed by atoms with Crippen molar-refractivity contribution in [3.8, 4) is 0 Å². The minimum absolute atomic E-state index is 0.0624. The monoisotopic (exact) mass is 849 g/mol. The van der Waals surface area contributed by atoms with Gasteiger partial charge in [-0.2, -0.15) is 0 Å². The highest BCUT2D eigenvalue weighted by atomic mass is 16.6. The van der Waals surface area contributed by atoms with Gasteiger partial charge < -0.3 is 14.2 Å². The first-order valence-corrected chi connectivity index (χ1v) is 26.9. The molecule has 0 unspecified atom stereocenters.